The summed E-state index contributed by atoms with van der Waals surface area (Å²) < 4.78 is 0. The van der Waals surface area contributed by atoms with Crippen LogP contribution >= 0.6 is 11.3 Å². The van der Waals surface area contributed by atoms with Crippen LogP contribution in [0.2, 0.25) is 0 Å². The quantitative estimate of drug-likeness (QED) is 0.715. The van der Waals surface area contributed by atoms with E-state index in [1.165, 1.54) is 11.3 Å². The summed E-state index contributed by atoms with van der Waals surface area (Å²) in [5.41, 5.74) is 0.817. The fourth-order valence-electron chi connectivity index (χ4n) is 1.41. The lowest BCUT2D eigenvalue weighted by Crippen LogP contribution is -2.42. The van der Waals surface area contributed by atoms with Gasteiger partial charge in [-0.25, -0.2) is 4.79 Å². The van der Waals surface area contributed by atoms with Gasteiger partial charge in [-0.15, -0.1) is 11.3 Å². The normalized spacial score (nSPS) is 11.8. The van der Waals surface area contributed by atoms with Gasteiger partial charge in [0.15, 0.2) is 0 Å². The zero-order chi connectivity index (χ0) is 13.7. The van der Waals surface area contributed by atoms with Gasteiger partial charge in [0.25, 0.3) is 5.91 Å². The van der Waals surface area contributed by atoms with E-state index in [0.717, 1.165) is 5.56 Å². The Bertz CT molecular complexity index is 468. The van der Waals surface area contributed by atoms with Crippen LogP contribution in [0.15, 0.2) is 11.4 Å². The fraction of sp³-hybridized carbons (Fsp3) is 0.364. The minimum atomic E-state index is -1.41. The molecule has 0 fully saturated rings. The highest BCUT2D eigenvalue weighted by Gasteiger charge is 2.24. The van der Waals surface area contributed by atoms with Crippen molar-refractivity contribution in [3.05, 3.63) is 21.9 Å². The van der Waals surface area contributed by atoms with E-state index in [4.69, 9.17) is 10.2 Å². The van der Waals surface area contributed by atoms with Gasteiger partial charge in [0.05, 0.1) is 11.3 Å². The van der Waals surface area contributed by atoms with Gasteiger partial charge in [-0.1, -0.05) is 6.92 Å². The summed E-state index contributed by atoms with van der Waals surface area (Å²) in [5, 5.41) is 21.3. The SMILES string of the molecule is CCc1ccsc1C(=O)N[C@H](CC(=O)O)C(=O)O. The van der Waals surface area contributed by atoms with Crippen LogP contribution in [0.3, 0.4) is 0 Å². The molecule has 0 aliphatic carbocycles. The van der Waals surface area contributed by atoms with Gasteiger partial charge < -0.3 is 15.5 Å². The molecule has 98 valence electrons. The second-order valence-corrected chi connectivity index (χ2v) is 4.51. The van der Waals surface area contributed by atoms with Crippen molar-refractivity contribution < 1.29 is 24.6 Å². The van der Waals surface area contributed by atoms with Crippen LogP contribution in [0.5, 0.6) is 0 Å². The fourth-order valence-corrected chi connectivity index (χ4v) is 2.31. The molecule has 0 aliphatic heterocycles. The van der Waals surface area contributed by atoms with Crippen LogP contribution in [-0.2, 0) is 16.0 Å². The lowest BCUT2D eigenvalue weighted by Gasteiger charge is -2.12. The molecule has 3 N–H and O–H groups in total. The highest BCUT2D eigenvalue weighted by molar-refractivity contribution is 7.12. The van der Waals surface area contributed by atoms with Crippen molar-refractivity contribution in [2.24, 2.45) is 0 Å². The number of carboxylic acids is 2. The van der Waals surface area contributed by atoms with E-state index in [1.54, 1.807) is 11.4 Å². The maximum Gasteiger partial charge on any atom is 0.326 e. The second-order valence-electron chi connectivity index (χ2n) is 3.59. The third-order valence-corrected chi connectivity index (χ3v) is 3.27. The van der Waals surface area contributed by atoms with Gasteiger partial charge in [0.1, 0.15) is 6.04 Å². The molecule has 0 unspecified atom stereocenters. The summed E-state index contributed by atoms with van der Waals surface area (Å²) in [5.74, 6) is -3.18. The Hall–Kier alpha value is -1.89. The number of carbonyl (C=O) groups is 3. The van der Waals surface area contributed by atoms with E-state index in [-0.39, 0.29) is 0 Å². The molecule has 1 atom stereocenters. The van der Waals surface area contributed by atoms with E-state index >= 15 is 0 Å². The molecule has 0 radical (unpaired) electrons. The smallest absolute Gasteiger partial charge is 0.326 e. The molecule has 1 amide bonds. The summed E-state index contributed by atoms with van der Waals surface area (Å²) in [6.45, 7) is 1.88. The number of thiophene rings is 1. The van der Waals surface area contributed by atoms with Crippen LogP contribution in [0.1, 0.15) is 28.6 Å². The first kappa shape index (κ1) is 14.2. The van der Waals surface area contributed by atoms with E-state index in [0.29, 0.717) is 11.3 Å². The highest BCUT2D eigenvalue weighted by Crippen LogP contribution is 2.17. The molecule has 6 nitrogen and oxygen atoms in total. The van der Waals surface area contributed by atoms with Crippen molar-refractivity contribution in [3.63, 3.8) is 0 Å². The molecule has 1 heterocycles. The van der Waals surface area contributed by atoms with E-state index < -0.39 is 30.3 Å². The Labute approximate surface area is 107 Å². The minimum Gasteiger partial charge on any atom is -0.481 e. The molecule has 0 saturated heterocycles. The topological polar surface area (TPSA) is 104 Å². The molecule has 0 aliphatic rings. The van der Waals surface area contributed by atoms with Gasteiger partial charge in [-0.3, -0.25) is 9.59 Å². The average molecular weight is 271 g/mol. The third-order valence-electron chi connectivity index (χ3n) is 2.32. The van der Waals surface area contributed by atoms with E-state index in [2.05, 4.69) is 5.32 Å². The molecule has 1 aromatic rings. The molecule has 1 rings (SSSR count). The van der Waals surface area contributed by atoms with Crippen molar-refractivity contribution in [2.45, 2.75) is 25.8 Å². The largest absolute Gasteiger partial charge is 0.481 e. The highest BCUT2D eigenvalue weighted by atomic mass is 32.1. The number of rotatable bonds is 6. The Balaban J connectivity index is 2.78. The zero-order valence-electron chi connectivity index (χ0n) is 9.67. The number of carboxylic acid groups (broad SMARTS) is 2. The Morgan fingerprint density at radius 2 is 2.06 bits per heavy atom. The molecular formula is C11H13NO5S. The summed E-state index contributed by atoms with van der Waals surface area (Å²) in [6.07, 6.45) is 0.0107. The predicted octanol–water partition coefficient (Wildman–Crippen LogP) is 0.968. The lowest BCUT2D eigenvalue weighted by atomic mass is 10.1. The molecule has 0 aromatic carbocycles. The lowest BCUT2D eigenvalue weighted by molar-refractivity contribution is -0.145. The molecule has 1 aromatic heterocycles. The molecular weight excluding hydrogens is 258 g/mol. The third kappa shape index (κ3) is 3.56. The van der Waals surface area contributed by atoms with Crippen LogP contribution < -0.4 is 5.32 Å². The zero-order valence-corrected chi connectivity index (χ0v) is 10.5. The molecule has 7 heteroatoms. The summed E-state index contributed by atoms with van der Waals surface area (Å²) in [4.78, 5) is 33.6. The number of aliphatic carboxylic acids is 2. The van der Waals surface area contributed by atoms with Crippen LogP contribution in [0.25, 0.3) is 0 Å². The number of carbonyl (C=O) groups excluding carboxylic acids is 1. The minimum absolute atomic E-state index is 0.425. The molecule has 0 bridgehead atoms. The number of amides is 1. The average Bonchev–Trinajstić information content (AvgIpc) is 2.75. The van der Waals surface area contributed by atoms with Gasteiger partial charge >= 0.3 is 11.9 Å². The summed E-state index contributed by atoms with van der Waals surface area (Å²) in [6, 6.07) is 0.369. The number of hydrogen-bond acceptors (Lipinski definition) is 4. The Morgan fingerprint density at radius 1 is 1.39 bits per heavy atom. The molecule has 0 spiro atoms. The number of nitrogens with one attached hydrogen (secondary N) is 1. The predicted molar refractivity (Wildman–Crippen MR) is 64.8 cm³/mol. The van der Waals surface area contributed by atoms with E-state index in [1.807, 2.05) is 6.92 Å². The summed E-state index contributed by atoms with van der Waals surface area (Å²) in [7, 11) is 0. The van der Waals surface area contributed by atoms with Crippen LogP contribution in [0, 0.1) is 0 Å². The van der Waals surface area contributed by atoms with Gasteiger partial charge in [0.2, 0.25) is 0 Å². The standard InChI is InChI=1S/C11H13NO5S/c1-2-6-3-4-18-9(6)10(15)12-7(11(16)17)5-8(13)14/h3-4,7H,2,5H2,1H3,(H,12,15)(H,13,14)(H,16,17)/t7-/m1/s1. The van der Waals surface area contributed by atoms with Crippen LogP contribution in [0.4, 0.5) is 0 Å². The number of hydrogen-bond donors (Lipinski definition) is 3. The van der Waals surface area contributed by atoms with Crippen LogP contribution in [-0.4, -0.2) is 34.1 Å². The molecule has 0 saturated carbocycles. The number of aryl methyl sites for hydroxylation is 1. The second kappa shape index (κ2) is 6.15. The monoisotopic (exact) mass is 271 g/mol. The first-order valence-electron chi connectivity index (χ1n) is 5.27. The Kier molecular flexibility index (Phi) is 4.85. The maximum absolute atomic E-state index is 11.8. The maximum atomic E-state index is 11.8. The van der Waals surface area contributed by atoms with Crippen molar-refractivity contribution >= 4 is 29.2 Å². The van der Waals surface area contributed by atoms with Gasteiger partial charge in [-0.05, 0) is 23.4 Å². The Morgan fingerprint density at radius 3 is 2.56 bits per heavy atom. The van der Waals surface area contributed by atoms with E-state index in [9.17, 15) is 14.4 Å². The first-order valence-corrected chi connectivity index (χ1v) is 6.15. The molecule has 18 heavy (non-hydrogen) atoms. The van der Waals surface area contributed by atoms with Gasteiger partial charge in [-0.2, -0.15) is 0 Å². The summed E-state index contributed by atoms with van der Waals surface area (Å²) >= 11 is 1.20. The van der Waals surface area contributed by atoms with Crippen molar-refractivity contribution in [1.29, 1.82) is 0 Å². The first-order chi connectivity index (χ1) is 8.45. The van der Waals surface area contributed by atoms with Crippen molar-refractivity contribution in [2.75, 3.05) is 0 Å². The van der Waals surface area contributed by atoms with Crippen molar-refractivity contribution in [3.8, 4) is 0 Å². The van der Waals surface area contributed by atoms with Crippen molar-refractivity contribution in [1.82, 2.24) is 5.32 Å². The van der Waals surface area contributed by atoms with Gasteiger partial charge in [0, 0.05) is 0 Å².